The van der Waals surface area contributed by atoms with Crippen LogP contribution >= 0.6 is 0 Å². The van der Waals surface area contributed by atoms with Gasteiger partial charge in [-0.1, -0.05) is 29.8 Å². The van der Waals surface area contributed by atoms with Crippen molar-refractivity contribution in [3.8, 4) is 0 Å². The summed E-state index contributed by atoms with van der Waals surface area (Å²) in [6.07, 6.45) is 2.25. The van der Waals surface area contributed by atoms with Crippen LogP contribution in [0.15, 0.2) is 47.1 Å². The molecule has 0 unspecified atom stereocenters. The van der Waals surface area contributed by atoms with Crippen LogP contribution in [0, 0.1) is 6.92 Å². The van der Waals surface area contributed by atoms with Gasteiger partial charge in [-0.2, -0.15) is 0 Å². The number of benzene rings is 1. The summed E-state index contributed by atoms with van der Waals surface area (Å²) in [4.78, 5) is 27.9. The predicted molar refractivity (Wildman–Crippen MR) is 94.0 cm³/mol. The molecule has 1 aliphatic rings. The number of furan rings is 1. The molecule has 2 heterocycles. The first-order valence-corrected chi connectivity index (χ1v) is 8.50. The zero-order valence-corrected chi connectivity index (χ0v) is 14.4. The lowest BCUT2D eigenvalue weighted by molar-refractivity contribution is -0.135. The van der Waals surface area contributed by atoms with Gasteiger partial charge in [0.15, 0.2) is 0 Å². The third-order valence-corrected chi connectivity index (χ3v) is 4.33. The zero-order valence-electron chi connectivity index (χ0n) is 14.4. The number of hydrogen-bond donors (Lipinski definition) is 1. The van der Waals surface area contributed by atoms with Crippen LogP contribution in [0.1, 0.15) is 16.9 Å². The van der Waals surface area contributed by atoms with Crippen molar-refractivity contribution >= 4 is 11.9 Å². The number of aryl methyl sites for hydroxylation is 1. The zero-order chi connectivity index (χ0) is 17.6. The largest absolute Gasteiger partial charge is 0.469 e. The van der Waals surface area contributed by atoms with Gasteiger partial charge in [0.05, 0.1) is 6.26 Å². The molecule has 6 nitrogen and oxygen atoms in total. The van der Waals surface area contributed by atoms with Gasteiger partial charge in [0.25, 0.3) is 0 Å². The normalized spacial score (nSPS) is 14.7. The first-order valence-electron chi connectivity index (χ1n) is 8.50. The van der Waals surface area contributed by atoms with Crippen LogP contribution < -0.4 is 5.32 Å². The second-order valence-electron chi connectivity index (χ2n) is 6.28. The first kappa shape index (κ1) is 17.1. The molecule has 1 N–H and O–H groups in total. The number of carbonyl (C=O) groups excluding carboxylic acids is 2. The molecule has 0 saturated carbocycles. The second kappa shape index (κ2) is 7.88. The predicted octanol–water partition coefficient (Wildman–Crippen LogP) is 2.18. The Balaban J connectivity index is 1.45. The molecule has 3 amide bonds. The molecular formula is C19H23N3O3. The Bertz CT molecular complexity index is 710. The molecule has 1 aromatic carbocycles. The van der Waals surface area contributed by atoms with Gasteiger partial charge in [0.1, 0.15) is 12.3 Å². The van der Waals surface area contributed by atoms with Gasteiger partial charge in [-0.15, -0.1) is 0 Å². The maximum absolute atomic E-state index is 12.3. The monoisotopic (exact) mass is 341 g/mol. The van der Waals surface area contributed by atoms with Crippen molar-refractivity contribution in [1.29, 1.82) is 0 Å². The van der Waals surface area contributed by atoms with Crippen LogP contribution in [0.2, 0.25) is 0 Å². The number of nitrogens with zero attached hydrogens (tertiary/aromatic N) is 2. The van der Waals surface area contributed by atoms with Gasteiger partial charge in [0.2, 0.25) is 5.91 Å². The lowest BCUT2D eigenvalue weighted by Gasteiger charge is -2.34. The van der Waals surface area contributed by atoms with E-state index in [1.807, 2.05) is 43.3 Å². The molecule has 0 radical (unpaired) electrons. The van der Waals surface area contributed by atoms with Gasteiger partial charge < -0.3 is 19.5 Å². The van der Waals surface area contributed by atoms with E-state index in [9.17, 15) is 9.59 Å². The molecular weight excluding hydrogens is 318 g/mol. The molecule has 1 aliphatic heterocycles. The van der Waals surface area contributed by atoms with Crippen molar-refractivity contribution in [2.75, 3.05) is 26.2 Å². The maximum Gasteiger partial charge on any atom is 0.317 e. The molecule has 1 fully saturated rings. The third kappa shape index (κ3) is 4.62. The van der Waals surface area contributed by atoms with Crippen molar-refractivity contribution in [2.24, 2.45) is 0 Å². The number of hydrogen-bond acceptors (Lipinski definition) is 3. The number of piperazine rings is 1. The minimum atomic E-state index is -0.199. The highest BCUT2D eigenvalue weighted by Gasteiger charge is 2.26. The third-order valence-electron chi connectivity index (χ3n) is 4.33. The summed E-state index contributed by atoms with van der Waals surface area (Å²) < 4.78 is 5.23. The van der Waals surface area contributed by atoms with Gasteiger partial charge in [-0.25, -0.2) is 4.79 Å². The lowest BCUT2D eigenvalue weighted by atomic mass is 10.1. The molecule has 0 spiro atoms. The number of carbonyl (C=O) groups is 2. The summed E-state index contributed by atoms with van der Waals surface area (Å²) in [5.74, 6) is 0.812. The highest BCUT2D eigenvalue weighted by atomic mass is 16.3. The number of urea groups is 1. The molecule has 25 heavy (non-hydrogen) atoms. The summed E-state index contributed by atoms with van der Waals surface area (Å²) in [6, 6.07) is 11.7. The lowest BCUT2D eigenvalue weighted by Crippen LogP contribution is -2.54. The van der Waals surface area contributed by atoms with Crippen molar-refractivity contribution in [3.05, 3.63) is 59.5 Å². The fraction of sp³-hybridized carbons (Fsp3) is 0.368. The molecule has 1 aromatic heterocycles. The number of rotatable bonds is 5. The van der Waals surface area contributed by atoms with Crippen molar-refractivity contribution < 1.29 is 14.0 Å². The smallest absolute Gasteiger partial charge is 0.317 e. The van der Waals surface area contributed by atoms with Gasteiger partial charge in [0, 0.05) is 32.6 Å². The highest BCUT2D eigenvalue weighted by molar-refractivity contribution is 5.85. The van der Waals surface area contributed by atoms with Crippen LogP contribution in [0.5, 0.6) is 0 Å². The van der Waals surface area contributed by atoms with E-state index in [0.717, 1.165) is 11.3 Å². The maximum atomic E-state index is 12.3. The van der Waals surface area contributed by atoms with E-state index >= 15 is 0 Å². The molecule has 0 aliphatic carbocycles. The minimum Gasteiger partial charge on any atom is -0.469 e. The molecule has 1 saturated heterocycles. The van der Waals surface area contributed by atoms with E-state index < -0.39 is 0 Å². The van der Waals surface area contributed by atoms with E-state index in [1.54, 1.807) is 16.1 Å². The number of amides is 3. The molecule has 0 bridgehead atoms. The summed E-state index contributed by atoms with van der Waals surface area (Å²) >= 11 is 0. The molecule has 132 valence electrons. The molecule has 0 atom stereocenters. The fourth-order valence-electron chi connectivity index (χ4n) is 2.82. The fourth-order valence-corrected chi connectivity index (χ4v) is 2.82. The van der Waals surface area contributed by atoms with Crippen LogP contribution in [-0.4, -0.2) is 47.9 Å². The van der Waals surface area contributed by atoms with Crippen molar-refractivity contribution in [1.82, 2.24) is 15.1 Å². The SMILES string of the molecule is Cc1ccc(CN2CCN(C(=O)NCCc3ccco3)CC2=O)cc1. The van der Waals surface area contributed by atoms with Gasteiger partial charge >= 0.3 is 6.03 Å². The molecule has 6 heteroatoms. The molecule has 3 rings (SSSR count). The van der Waals surface area contributed by atoms with E-state index in [0.29, 0.717) is 32.6 Å². The Kier molecular flexibility index (Phi) is 5.38. The van der Waals surface area contributed by atoms with Gasteiger partial charge in [-0.05, 0) is 24.6 Å². The Labute approximate surface area is 147 Å². The molecule has 2 aromatic rings. The number of nitrogens with one attached hydrogen (secondary N) is 1. The van der Waals surface area contributed by atoms with Gasteiger partial charge in [-0.3, -0.25) is 4.79 Å². The second-order valence-corrected chi connectivity index (χ2v) is 6.28. The minimum absolute atomic E-state index is 0.0204. The van der Waals surface area contributed by atoms with Crippen LogP contribution in [0.4, 0.5) is 4.79 Å². The highest BCUT2D eigenvalue weighted by Crippen LogP contribution is 2.11. The van der Waals surface area contributed by atoms with E-state index in [2.05, 4.69) is 5.32 Å². The summed E-state index contributed by atoms with van der Waals surface area (Å²) in [6.45, 7) is 4.34. The summed E-state index contributed by atoms with van der Waals surface area (Å²) in [5.41, 5.74) is 2.31. The Morgan fingerprint density at radius 3 is 2.68 bits per heavy atom. The average molecular weight is 341 g/mol. The average Bonchev–Trinajstić information content (AvgIpc) is 3.12. The van der Waals surface area contributed by atoms with Crippen LogP contribution in [-0.2, 0) is 17.8 Å². The summed E-state index contributed by atoms with van der Waals surface area (Å²) in [5, 5.41) is 2.84. The van der Waals surface area contributed by atoms with Crippen molar-refractivity contribution in [3.63, 3.8) is 0 Å². The Morgan fingerprint density at radius 1 is 1.20 bits per heavy atom. The van der Waals surface area contributed by atoms with E-state index in [-0.39, 0.29) is 18.5 Å². The van der Waals surface area contributed by atoms with Crippen LogP contribution in [0.25, 0.3) is 0 Å². The standard InChI is InChI=1S/C19H23N3O3/c1-15-4-6-16(7-5-15)13-21-10-11-22(14-18(21)23)19(24)20-9-8-17-3-2-12-25-17/h2-7,12H,8-11,13-14H2,1H3,(H,20,24). The first-order chi connectivity index (χ1) is 12.1. The topological polar surface area (TPSA) is 65.8 Å². The van der Waals surface area contributed by atoms with Crippen molar-refractivity contribution in [2.45, 2.75) is 19.9 Å². The van der Waals surface area contributed by atoms with E-state index in [1.165, 1.54) is 5.56 Å². The van der Waals surface area contributed by atoms with Crippen LogP contribution in [0.3, 0.4) is 0 Å². The quantitative estimate of drug-likeness (QED) is 0.906. The Morgan fingerprint density at radius 2 is 2.00 bits per heavy atom. The summed E-state index contributed by atoms with van der Waals surface area (Å²) in [7, 11) is 0. The Hall–Kier alpha value is -2.76. The van der Waals surface area contributed by atoms with E-state index in [4.69, 9.17) is 4.42 Å².